The summed E-state index contributed by atoms with van der Waals surface area (Å²) in [6, 6.07) is 7.31. The van der Waals surface area contributed by atoms with Crippen LogP contribution in [0.25, 0.3) is 11.5 Å². The summed E-state index contributed by atoms with van der Waals surface area (Å²) in [7, 11) is 0. The Labute approximate surface area is 288 Å². The maximum Gasteiger partial charge on any atom is 0.328 e. The second kappa shape index (κ2) is 19.7. The quantitative estimate of drug-likeness (QED) is 0.0499. The lowest BCUT2D eigenvalue weighted by Crippen LogP contribution is -2.54. The minimum atomic E-state index is -1.20. The SMILES string of the molecule is CCCCCCC[C@H](OC(=O)[C@H](CCCCN(O)C=O)NC(=O)c1nc(-c2ccccc2)oc1C)C(C)(C)C(=O)N[C@H]1CCCCNC1=O. The number of aryl methyl sites for hydroxylation is 1. The van der Waals surface area contributed by atoms with Crippen LogP contribution in [0.4, 0.5) is 0 Å². The molecule has 0 unspecified atom stereocenters. The molecule has 1 fully saturated rings. The van der Waals surface area contributed by atoms with Gasteiger partial charge >= 0.3 is 5.97 Å². The number of hydroxylamine groups is 2. The Morgan fingerprint density at radius 3 is 2.53 bits per heavy atom. The second-order valence-corrected chi connectivity index (χ2v) is 13.2. The van der Waals surface area contributed by atoms with Crippen molar-refractivity contribution in [2.24, 2.45) is 5.41 Å². The minimum absolute atomic E-state index is 0.0213. The highest BCUT2D eigenvalue weighted by Crippen LogP contribution is 2.30. The molecule has 49 heavy (non-hydrogen) atoms. The van der Waals surface area contributed by atoms with Gasteiger partial charge in [0, 0.05) is 18.7 Å². The van der Waals surface area contributed by atoms with Crippen molar-refractivity contribution in [3.05, 3.63) is 41.8 Å². The van der Waals surface area contributed by atoms with E-state index in [1.54, 1.807) is 32.9 Å². The van der Waals surface area contributed by atoms with Gasteiger partial charge in [0.1, 0.15) is 23.9 Å². The van der Waals surface area contributed by atoms with Crippen molar-refractivity contribution in [3.8, 4) is 11.5 Å². The van der Waals surface area contributed by atoms with Gasteiger partial charge in [-0.1, -0.05) is 50.8 Å². The van der Waals surface area contributed by atoms with Gasteiger partial charge in [-0.15, -0.1) is 0 Å². The number of carbonyl (C=O) groups is 5. The lowest BCUT2D eigenvalue weighted by molar-refractivity contribution is -0.162. The second-order valence-electron chi connectivity index (χ2n) is 13.2. The fourth-order valence-corrected chi connectivity index (χ4v) is 5.75. The van der Waals surface area contributed by atoms with E-state index in [4.69, 9.17) is 9.15 Å². The first kappa shape index (κ1) is 39.2. The summed E-state index contributed by atoms with van der Waals surface area (Å²) in [5.41, 5.74) is -0.489. The number of unbranched alkanes of at least 4 members (excludes halogenated alkanes) is 5. The predicted octanol–water partition coefficient (Wildman–Crippen LogP) is 4.85. The molecule has 0 radical (unpaired) electrons. The van der Waals surface area contributed by atoms with Gasteiger partial charge < -0.3 is 25.1 Å². The summed E-state index contributed by atoms with van der Waals surface area (Å²) in [4.78, 5) is 69.0. The molecule has 1 aliphatic heterocycles. The van der Waals surface area contributed by atoms with Crippen LogP contribution < -0.4 is 16.0 Å². The van der Waals surface area contributed by atoms with Crippen molar-refractivity contribution in [3.63, 3.8) is 0 Å². The zero-order valence-corrected chi connectivity index (χ0v) is 29.3. The van der Waals surface area contributed by atoms with Crippen molar-refractivity contribution in [1.29, 1.82) is 0 Å². The van der Waals surface area contributed by atoms with Gasteiger partial charge in [-0.3, -0.25) is 24.4 Å². The van der Waals surface area contributed by atoms with Crippen LogP contribution >= 0.6 is 0 Å². The van der Waals surface area contributed by atoms with Crippen LogP contribution in [-0.2, 0) is 23.9 Å². The molecule has 1 aromatic heterocycles. The lowest BCUT2D eigenvalue weighted by atomic mass is 9.82. The molecule has 1 saturated heterocycles. The largest absolute Gasteiger partial charge is 0.460 e. The van der Waals surface area contributed by atoms with Gasteiger partial charge in [0.2, 0.25) is 24.1 Å². The van der Waals surface area contributed by atoms with E-state index in [0.717, 1.165) is 38.5 Å². The molecule has 0 aliphatic carbocycles. The number of nitrogens with zero attached hydrogens (tertiary/aromatic N) is 2. The van der Waals surface area contributed by atoms with Crippen molar-refractivity contribution < 1.29 is 38.3 Å². The molecule has 0 bridgehead atoms. The molecule has 4 amide bonds. The Balaban J connectivity index is 1.81. The third-order valence-electron chi connectivity index (χ3n) is 8.93. The van der Waals surface area contributed by atoms with E-state index in [1.165, 1.54) is 0 Å². The zero-order chi connectivity index (χ0) is 35.8. The van der Waals surface area contributed by atoms with E-state index in [1.807, 2.05) is 18.2 Å². The van der Waals surface area contributed by atoms with E-state index >= 15 is 0 Å². The number of carbonyl (C=O) groups excluding carboxylic acids is 5. The summed E-state index contributed by atoms with van der Waals surface area (Å²) in [6.07, 6.45) is 7.61. The Bertz CT molecular complexity index is 1380. The standard InChI is InChI=1S/C36H53N5O8/c1-5-6-7-8-12-21-29(36(3,4)35(46)39-27-19-13-15-22-37-31(27)43)49-34(45)28(20-14-16-23-41(47)24-42)38-32(44)30-25(2)48-33(40-30)26-17-10-9-11-18-26/h9-11,17-18,24,27-29,47H,5-8,12-16,19-23H2,1-4H3,(H,37,43)(H,38,44)(H,39,46)/t27-,28-,29-/m0/s1. The van der Waals surface area contributed by atoms with E-state index in [0.29, 0.717) is 55.7 Å². The van der Waals surface area contributed by atoms with Gasteiger partial charge in [0.15, 0.2) is 5.69 Å². The molecule has 1 aliphatic rings. The maximum atomic E-state index is 13.9. The van der Waals surface area contributed by atoms with Crippen molar-refractivity contribution >= 4 is 30.1 Å². The number of oxazole rings is 1. The molecule has 1 aromatic carbocycles. The summed E-state index contributed by atoms with van der Waals surface area (Å²) in [6.45, 7) is 7.75. The third kappa shape index (κ3) is 12.0. The third-order valence-corrected chi connectivity index (χ3v) is 8.93. The van der Waals surface area contributed by atoms with Crippen LogP contribution in [0, 0.1) is 12.3 Å². The molecule has 2 aromatic rings. The molecule has 2 heterocycles. The number of nitrogens with one attached hydrogen (secondary N) is 3. The highest BCUT2D eigenvalue weighted by atomic mass is 16.5. The van der Waals surface area contributed by atoms with E-state index in [2.05, 4.69) is 27.9 Å². The average molecular weight is 684 g/mol. The normalized spacial score (nSPS) is 16.1. The summed E-state index contributed by atoms with van der Waals surface area (Å²) >= 11 is 0. The highest BCUT2D eigenvalue weighted by molar-refractivity contribution is 5.96. The first-order valence-electron chi connectivity index (χ1n) is 17.5. The van der Waals surface area contributed by atoms with Crippen molar-refractivity contribution in [2.75, 3.05) is 13.1 Å². The number of rotatable bonds is 20. The molecule has 0 spiro atoms. The molecule has 3 atom stereocenters. The molecule has 3 rings (SSSR count). The van der Waals surface area contributed by atoms with E-state index < -0.39 is 41.4 Å². The van der Waals surface area contributed by atoms with Crippen LogP contribution in [0.15, 0.2) is 34.7 Å². The summed E-state index contributed by atoms with van der Waals surface area (Å²) in [5.74, 6) is -1.44. The number of amides is 4. The van der Waals surface area contributed by atoms with E-state index in [9.17, 15) is 29.2 Å². The molecule has 4 N–H and O–H groups in total. The molecule has 0 saturated carbocycles. The number of ether oxygens (including phenoxy) is 1. The zero-order valence-electron chi connectivity index (χ0n) is 29.3. The van der Waals surface area contributed by atoms with Crippen LogP contribution in [0.1, 0.15) is 114 Å². The number of benzene rings is 1. The Kier molecular flexibility index (Phi) is 15.7. The van der Waals surface area contributed by atoms with Crippen LogP contribution in [-0.4, -0.2) is 76.6 Å². The van der Waals surface area contributed by atoms with Gasteiger partial charge in [-0.05, 0) is 84.3 Å². The number of esters is 1. The fourth-order valence-electron chi connectivity index (χ4n) is 5.75. The number of hydrogen-bond donors (Lipinski definition) is 4. The number of aromatic nitrogens is 1. The molecule has 13 nitrogen and oxygen atoms in total. The van der Waals surface area contributed by atoms with Gasteiger partial charge in [0.05, 0.1) is 5.41 Å². The Morgan fingerprint density at radius 1 is 1.10 bits per heavy atom. The average Bonchev–Trinajstić information content (AvgIpc) is 3.37. The maximum absolute atomic E-state index is 13.9. The van der Waals surface area contributed by atoms with Gasteiger partial charge in [-0.2, -0.15) is 0 Å². The molecule has 270 valence electrons. The highest BCUT2D eigenvalue weighted by Gasteiger charge is 2.42. The van der Waals surface area contributed by atoms with Gasteiger partial charge in [-0.25, -0.2) is 14.8 Å². The summed E-state index contributed by atoms with van der Waals surface area (Å²) < 4.78 is 11.9. The minimum Gasteiger partial charge on any atom is -0.460 e. The molecular formula is C36H53N5O8. The fraction of sp³-hybridized carbons (Fsp3) is 0.611. The molecular weight excluding hydrogens is 630 g/mol. The first-order valence-corrected chi connectivity index (χ1v) is 17.5. The Morgan fingerprint density at radius 2 is 1.82 bits per heavy atom. The topological polar surface area (TPSA) is 180 Å². The summed E-state index contributed by atoms with van der Waals surface area (Å²) in [5, 5.41) is 18.5. The first-order chi connectivity index (χ1) is 23.5. The smallest absolute Gasteiger partial charge is 0.328 e. The monoisotopic (exact) mass is 683 g/mol. The molecule has 13 heteroatoms. The van der Waals surface area contributed by atoms with E-state index in [-0.39, 0.29) is 36.2 Å². The predicted molar refractivity (Wildman–Crippen MR) is 182 cm³/mol. The van der Waals surface area contributed by atoms with Crippen molar-refractivity contribution in [1.82, 2.24) is 26.0 Å². The number of hydrogen-bond acceptors (Lipinski definition) is 9. The lowest BCUT2D eigenvalue weighted by Gasteiger charge is -2.35. The van der Waals surface area contributed by atoms with Crippen LogP contribution in [0.5, 0.6) is 0 Å². The van der Waals surface area contributed by atoms with Crippen LogP contribution in [0.3, 0.4) is 0 Å². The Hall–Kier alpha value is -4.26. The van der Waals surface area contributed by atoms with Gasteiger partial charge in [0.25, 0.3) is 5.91 Å². The van der Waals surface area contributed by atoms with Crippen molar-refractivity contribution in [2.45, 2.75) is 123 Å². The van der Waals surface area contributed by atoms with Crippen LogP contribution in [0.2, 0.25) is 0 Å².